The summed E-state index contributed by atoms with van der Waals surface area (Å²) in [6.07, 6.45) is 0. The number of aryl methyl sites for hydroxylation is 1. The number of nitrogens with two attached hydrogens (primary N) is 1. The van der Waals surface area contributed by atoms with Crippen LogP contribution in [0.15, 0.2) is 24.3 Å². The second kappa shape index (κ2) is 3.62. The molecule has 0 spiro atoms. The minimum absolute atomic E-state index is 0.648. The van der Waals surface area contributed by atoms with Crippen LogP contribution in [0.2, 0.25) is 0 Å². The molecule has 2 rings (SSSR count). The molecule has 0 fully saturated rings. The average molecular weight is 209 g/mol. The van der Waals surface area contributed by atoms with E-state index in [4.69, 9.17) is 5.73 Å². The second-order valence-electron chi connectivity index (χ2n) is 2.88. The van der Waals surface area contributed by atoms with E-state index in [-0.39, 0.29) is 0 Å². The molecule has 0 unspecified atom stereocenters. The molecular formula is C10H11NS2. The quantitative estimate of drug-likeness (QED) is 0.807. The van der Waals surface area contributed by atoms with Crippen molar-refractivity contribution in [2.24, 2.45) is 5.73 Å². The molecule has 2 heterocycles. The molecule has 0 bridgehead atoms. The van der Waals surface area contributed by atoms with Gasteiger partial charge in [0, 0.05) is 26.1 Å². The zero-order valence-electron chi connectivity index (χ0n) is 7.41. The highest BCUT2D eigenvalue weighted by Crippen LogP contribution is 2.32. The van der Waals surface area contributed by atoms with E-state index in [2.05, 4.69) is 31.2 Å². The Balaban J connectivity index is 2.35. The lowest BCUT2D eigenvalue weighted by atomic mass is 10.3. The minimum Gasteiger partial charge on any atom is -0.326 e. The number of thiophene rings is 2. The first-order valence-electron chi connectivity index (χ1n) is 4.15. The van der Waals surface area contributed by atoms with E-state index in [1.54, 1.807) is 11.3 Å². The molecule has 68 valence electrons. The maximum atomic E-state index is 5.56. The summed E-state index contributed by atoms with van der Waals surface area (Å²) in [4.78, 5) is 5.29. The first-order chi connectivity index (χ1) is 6.29. The summed E-state index contributed by atoms with van der Waals surface area (Å²) < 4.78 is 0. The third kappa shape index (κ3) is 1.82. The van der Waals surface area contributed by atoms with Crippen LogP contribution in [0.25, 0.3) is 9.75 Å². The van der Waals surface area contributed by atoms with Crippen molar-refractivity contribution in [2.45, 2.75) is 13.5 Å². The normalized spacial score (nSPS) is 10.6. The first-order valence-corrected chi connectivity index (χ1v) is 5.78. The van der Waals surface area contributed by atoms with E-state index in [9.17, 15) is 0 Å². The van der Waals surface area contributed by atoms with Gasteiger partial charge in [-0.1, -0.05) is 0 Å². The summed E-state index contributed by atoms with van der Waals surface area (Å²) in [6, 6.07) is 8.58. The monoisotopic (exact) mass is 209 g/mol. The predicted octanol–water partition coefficient (Wildman–Crippen LogP) is 3.24. The smallest absolute Gasteiger partial charge is 0.0446 e. The third-order valence-corrected chi connectivity index (χ3v) is 4.15. The zero-order chi connectivity index (χ0) is 9.26. The average Bonchev–Trinajstić information content (AvgIpc) is 2.71. The topological polar surface area (TPSA) is 26.0 Å². The molecule has 0 radical (unpaired) electrons. The fraction of sp³-hybridized carbons (Fsp3) is 0.200. The minimum atomic E-state index is 0.648. The Morgan fingerprint density at radius 2 is 1.77 bits per heavy atom. The van der Waals surface area contributed by atoms with Gasteiger partial charge in [0.25, 0.3) is 0 Å². The Labute approximate surface area is 85.8 Å². The van der Waals surface area contributed by atoms with E-state index in [1.165, 1.54) is 19.5 Å². The van der Waals surface area contributed by atoms with Crippen LogP contribution in [0.4, 0.5) is 0 Å². The SMILES string of the molecule is Cc1ccc(-c2ccc(CN)s2)s1. The predicted molar refractivity (Wildman–Crippen MR) is 60.3 cm³/mol. The molecule has 2 aromatic heterocycles. The van der Waals surface area contributed by atoms with Gasteiger partial charge >= 0.3 is 0 Å². The van der Waals surface area contributed by atoms with Crippen LogP contribution in [0.5, 0.6) is 0 Å². The van der Waals surface area contributed by atoms with E-state index in [1.807, 2.05) is 11.3 Å². The van der Waals surface area contributed by atoms with Gasteiger partial charge in [0.05, 0.1) is 0 Å². The van der Waals surface area contributed by atoms with E-state index >= 15 is 0 Å². The molecule has 0 aliphatic heterocycles. The molecule has 2 aromatic rings. The highest BCUT2D eigenvalue weighted by molar-refractivity contribution is 7.22. The Bertz CT molecular complexity index is 400. The molecule has 13 heavy (non-hydrogen) atoms. The van der Waals surface area contributed by atoms with Crippen LogP contribution in [0.1, 0.15) is 9.75 Å². The van der Waals surface area contributed by atoms with Gasteiger partial charge in [-0.15, -0.1) is 22.7 Å². The van der Waals surface area contributed by atoms with Crippen molar-refractivity contribution in [3.05, 3.63) is 34.0 Å². The van der Waals surface area contributed by atoms with E-state index < -0.39 is 0 Å². The van der Waals surface area contributed by atoms with Gasteiger partial charge in [0.15, 0.2) is 0 Å². The summed E-state index contributed by atoms with van der Waals surface area (Å²) >= 11 is 3.62. The molecule has 0 amide bonds. The Morgan fingerprint density at radius 3 is 2.31 bits per heavy atom. The van der Waals surface area contributed by atoms with Crippen LogP contribution >= 0.6 is 22.7 Å². The highest BCUT2D eigenvalue weighted by atomic mass is 32.1. The lowest BCUT2D eigenvalue weighted by Gasteiger charge is -1.88. The maximum absolute atomic E-state index is 5.56. The van der Waals surface area contributed by atoms with Crippen molar-refractivity contribution in [3.63, 3.8) is 0 Å². The lowest BCUT2D eigenvalue weighted by Crippen LogP contribution is -1.90. The molecule has 0 aliphatic rings. The van der Waals surface area contributed by atoms with Gasteiger partial charge in [-0.3, -0.25) is 0 Å². The second-order valence-corrected chi connectivity index (χ2v) is 5.34. The fourth-order valence-electron chi connectivity index (χ4n) is 1.19. The van der Waals surface area contributed by atoms with Gasteiger partial charge in [-0.05, 0) is 31.2 Å². The van der Waals surface area contributed by atoms with Gasteiger partial charge in [0.1, 0.15) is 0 Å². The van der Waals surface area contributed by atoms with Crippen LogP contribution in [0, 0.1) is 6.92 Å². The number of rotatable bonds is 2. The molecule has 0 saturated carbocycles. The summed E-state index contributed by atoms with van der Waals surface area (Å²) in [5, 5.41) is 0. The molecular weight excluding hydrogens is 198 g/mol. The Kier molecular flexibility index (Phi) is 2.49. The van der Waals surface area contributed by atoms with Crippen molar-refractivity contribution < 1.29 is 0 Å². The van der Waals surface area contributed by atoms with Gasteiger partial charge < -0.3 is 5.73 Å². The molecule has 0 saturated heterocycles. The van der Waals surface area contributed by atoms with Gasteiger partial charge in [-0.25, -0.2) is 0 Å². The van der Waals surface area contributed by atoms with E-state index in [0.29, 0.717) is 6.54 Å². The van der Waals surface area contributed by atoms with E-state index in [0.717, 1.165) is 0 Å². The summed E-state index contributed by atoms with van der Waals surface area (Å²) in [7, 11) is 0. The van der Waals surface area contributed by atoms with Crippen LogP contribution in [-0.4, -0.2) is 0 Å². The first kappa shape index (κ1) is 8.94. The third-order valence-electron chi connectivity index (χ3n) is 1.85. The van der Waals surface area contributed by atoms with Crippen molar-refractivity contribution in [1.29, 1.82) is 0 Å². The van der Waals surface area contributed by atoms with Crippen LogP contribution in [0.3, 0.4) is 0 Å². The summed E-state index contributed by atoms with van der Waals surface area (Å²) in [5.74, 6) is 0. The lowest BCUT2D eigenvalue weighted by molar-refractivity contribution is 1.11. The molecule has 1 nitrogen and oxygen atoms in total. The standard InChI is InChI=1S/C10H11NS2/c1-7-2-4-9(12-7)10-5-3-8(6-11)13-10/h2-5H,6,11H2,1H3. The summed E-state index contributed by atoms with van der Waals surface area (Å²) in [5.41, 5.74) is 5.56. The Morgan fingerprint density at radius 1 is 1.08 bits per heavy atom. The van der Waals surface area contributed by atoms with Crippen LogP contribution < -0.4 is 5.73 Å². The maximum Gasteiger partial charge on any atom is 0.0446 e. The van der Waals surface area contributed by atoms with Crippen molar-refractivity contribution >= 4 is 22.7 Å². The highest BCUT2D eigenvalue weighted by Gasteiger charge is 2.03. The van der Waals surface area contributed by atoms with Crippen molar-refractivity contribution in [2.75, 3.05) is 0 Å². The molecule has 0 atom stereocenters. The molecule has 0 aliphatic carbocycles. The molecule has 0 aromatic carbocycles. The van der Waals surface area contributed by atoms with Gasteiger partial charge in [-0.2, -0.15) is 0 Å². The van der Waals surface area contributed by atoms with Crippen molar-refractivity contribution in [3.8, 4) is 9.75 Å². The van der Waals surface area contributed by atoms with Crippen LogP contribution in [-0.2, 0) is 6.54 Å². The fourth-order valence-corrected chi connectivity index (χ4v) is 3.03. The molecule has 3 heteroatoms. The Hall–Kier alpha value is -0.640. The largest absolute Gasteiger partial charge is 0.326 e. The zero-order valence-corrected chi connectivity index (χ0v) is 9.04. The van der Waals surface area contributed by atoms with Gasteiger partial charge in [0.2, 0.25) is 0 Å². The number of hydrogen-bond acceptors (Lipinski definition) is 3. The number of hydrogen-bond donors (Lipinski definition) is 1. The van der Waals surface area contributed by atoms with Crippen molar-refractivity contribution in [1.82, 2.24) is 0 Å². The molecule has 2 N–H and O–H groups in total. The summed E-state index contributed by atoms with van der Waals surface area (Å²) in [6.45, 7) is 2.78.